The Kier molecular flexibility index (Phi) is 4.61. The van der Waals surface area contributed by atoms with Crippen LogP contribution in [0.1, 0.15) is 50.7 Å². The van der Waals surface area contributed by atoms with Crippen molar-refractivity contribution < 1.29 is 0 Å². The third-order valence-electron chi connectivity index (χ3n) is 4.78. The van der Waals surface area contributed by atoms with Gasteiger partial charge in [-0.05, 0) is 35.1 Å². The molecule has 0 saturated carbocycles. The average Bonchev–Trinajstić information content (AvgIpc) is 3.04. The van der Waals surface area contributed by atoms with Crippen LogP contribution in [0.3, 0.4) is 0 Å². The fourth-order valence-corrected chi connectivity index (χ4v) is 3.51. The Morgan fingerprint density at radius 1 is 0.652 bits per heavy atom. The number of rotatable bonds is 4. The van der Waals surface area contributed by atoms with E-state index >= 15 is 0 Å². The number of hydrogen-bond acceptors (Lipinski definition) is 2. The first-order valence-electron chi connectivity index (χ1n) is 8.75. The van der Waals surface area contributed by atoms with Crippen LogP contribution >= 0.6 is 0 Å². The highest BCUT2D eigenvalue weighted by molar-refractivity contribution is 5.61. The predicted octanol–water partition coefficient (Wildman–Crippen LogP) is 5.22. The highest BCUT2D eigenvalue weighted by atomic mass is 15.4. The van der Waals surface area contributed by atoms with Crippen LogP contribution < -0.4 is 9.80 Å². The lowest BCUT2D eigenvalue weighted by Gasteiger charge is -2.26. The Morgan fingerprint density at radius 2 is 1.04 bits per heavy atom. The molecule has 1 heterocycles. The molecule has 122 valence electrons. The van der Waals surface area contributed by atoms with Crippen LogP contribution in [0.2, 0.25) is 0 Å². The standard InChI is InChI=1S/C21H28N2/c1-16(2)18-9-5-7-11-20(18)22-13-14-23(15-22)21-12-8-6-10-19(21)17(3)4/h5-12,16-17H,13-15H2,1-4H3. The van der Waals surface area contributed by atoms with E-state index in [2.05, 4.69) is 86.0 Å². The van der Waals surface area contributed by atoms with E-state index in [0.717, 1.165) is 19.8 Å². The molecule has 1 aliphatic rings. The van der Waals surface area contributed by atoms with Crippen molar-refractivity contribution in [3.63, 3.8) is 0 Å². The van der Waals surface area contributed by atoms with Gasteiger partial charge >= 0.3 is 0 Å². The molecule has 0 amide bonds. The Balaban J connectivity index is 1.85. The molecular formula is C21H28N2. The molecule has 1 fully saturated rings. The number of nitrogens with zero attached hydrogens (tertiary/aromatic N) is 2. The Hall–Kier alpha value is -1.96. The number of para-hydroxylation sites is 2. The van der Waals surface area contributed by atoms with Gasteiger partial charge in [-0.1, -0.05) is 64.1 Å². The molecule has 0 atom stereocenters. The van der Waals surface area contributed by atoms with E-state index in [1.165, 1.54) is 22.5 Å². The van der Waals surface area contributed by atoms with Gasteiger partial charge in [0.1, 0.15) is 0 Å². The van der Waals surface area contributed by atoms with Crippen molar-refractivity contribution >= 4 is 11.4 Å². The van der Waals surface area contributed by atoms with Crippen LogP contribution in [0, 0.1) is 0 Å². The predicted molar refractivity (Wildman–Crippen MR) is 101 cm³/mol. The van der Waals surface area contributed by atoms with Crippen LogP contribution in [0.4, 0.5) is 11.4 Å². The quantitative estimate of drug-likeness (QED) is 0.764. The van der Waals surface area contributed by atoms with Crippen molar-refractivity contribution in [3.05, 3.63) is 59.7 Å². The Bertz CT molecular complexity index is 603. The van der Waals surface area contributed by atoms with Crippen molar-refractivity contribution in [2.45, 2.75) is 39.5 Å². The summed E-state index contributed by atoms with van der Waals surface area (Å²) in [4.78, 5) is 5.04. The Labute approximate surface area is 140 Å². The maximum atomic E-state index is 2.52. The van der Waals surface area contributed by atoms with Gasteiger partial charge in [0.25, 0.3) is 0 Å². The van der Waals surface area contributed by atoms with Gasteiger partial charge < -0.3 is 9.80 Å². The molecular weight excluding hydrogens is 280 g/mol. The molecule has 2 aromatic carbocycles. The summed E-state index contributed by atoms with van der Waals surface area (Å²) in [7, 11) is 0. The van der Waals surface area contributed by atoms with Gasteiger partial charge in [-0.2, -0.15) is 0 Å². The van der Waals surface area contributed by atoms with Crippen LogP contribution in [0.15, 0.2) is 48.5 Å². The smallest absolute Gasteiger partial charge is 0.0904 e. The molecule has 2 heteroatoms. The average molecular weight is 308 g/mol. The van der Waals surface area contributed by atoms with E-state index in [1.807, 2.05) is 0 Å². The molecule has 1 saturated heterocycles. The zero-order valence-electron chi connectivity index (χ0n) is 14.8. The molecule has 2 aromatic rings. The SMILES string of the molecule is CC(C)c1ccccc1N1CCN(c2ccccc2C(C)C)C1. The van der Waals surface area contributed by atoms with E-state index in [4.69, 9.17) is 0 Å². The monoisotopic (exact) mass is 308 g/mol. The summed E-state index contributed by atoms with van der Waals surface area (Å²) in [5.74, 6) is 1.12. The molecule has 2 nitrogen and oxygen atoms in total. The number of benzene rings is 2. The Morgan fingerprint density at radius 3 is 1.43 bits per heavy atom. The lowest BCUT2D eigenvalue weighted by molar-refractivity contribution is 0.836. The fourth-order valence-electron chi connectivity index (χ4n) is 3.51. The first-order chi connectivity index (χ1) is 11.1. The molecule has 23 heavy (non-hydrogen) atoms. The molecule has 0 bridgehead atoms. The third-order valence-corrected chi connectivity index (χ3v) is 4.78. The topological polar surface area (TPSA) is 6.48 Å². The minimum absolute atomic E-state index is 0.559. The van der Waals surface area contributed by atoms with Gasteiger partial charge in [-0.3, -0.25) is 0 Å². The van der Waals surface area contributed by atoms with Gasteiger partial charge in [0.05, 0.1) is 6.67 Å². The zero-order valence-corrected chi connectivity index (χ0v) is 14.8. The van der Waals surface area contributed by atoms with E-state index in [1.54, 1.807) is 0 Å². The number of anilines is 2. The van der Waals surface area contributed by atoms with Crippen LogP contribution in [-0.2, 0) is 0 Å². The second-order valence-corrected chi connectivity index (χ2v) is 7.10. The summed E-state index contributed by atoms with van der Waals surface area (Å²) < 4.78 is 0. The van der Waals surface area contributed by atoms with Crippen molar-refractivity contribution in [1.82, 2.24) is 0 Å². The van der Waals surface area contributed by atoms with Crippen molar-refractivity contribution in [2.75, 3.05) is 29.6 Å². The molecule has 0 spiro atoms. The lowest BCUT2D eigenvalue weighted by Crippen LogP contribution is -2.26. The zero-order chi connectivity index (χ0) is 16.4. The van der Waals surface area contributed by atoms with Gasteiger partial charge in [0.2, 0.25) is 0 Å². The highest BCUT2D eigenvalue weighted by Crippen LogP contribution is 2.33. The van der Waals surface area contributed by atoms with Gasteiger partial charge in [-0.25, -0.2) is 0 Å². The first-order valence-corrected chi connectivity index (χ1v) is 8.75. The van der Waals surface area contributed by atoms with E-state index in [-0.39, 0.29) is 0 Å². The normalized spacial score (nSPS) is 15.0. The summed E-state index contributed by atoms with van der Waals surface area (Å²) >= 11 is 0. The highest BCUT2D eigenvalue weighted by Gasteiger charge is 2.24. The second-order valence-electron chi connectivity index (χ2n) is 7.10. The van der Waals surface area contributed by atoms with Crippen LogP contribution in [-0.4, -0.2) is 19.8 Å². The van der Waals surface area contributed by atoms with E-state index in [0.29, 0.717) is 11.8 Å². The molecule has 0 unspecified atom stereocenters. The minimum Gasteiger partial charge on any atom is -0.352 e. The first kappa shape index (κ1) is 15.9. The summed E-state index contributed by atoms with van der Waals surface area (Å²) in [5.41, 5.74) is 5.69. The van der Waals surface area contributed by atoms with E-state index in [9.17, 15) is 0 Å². The fraction of sp³-hybridized carbons (Fsp3) is 0.429. The van der Waals surface area contributed by atoms with Crippen LogP contribution in [0.5, 0.6) is 0 Å². The van der Waals surface area contributed by atoms with Gasteiger partial charge in [0, 0.05) is 24.5 Å². The minimum atomic E-state index is 0.559. The summed E-state index contributed by atoms with van der Waals surface area (Å²) in [6, 6.07) is 17.7. The van der Waals surface area contributed by atoms with Crippen LogP contribution in [0.25, 0.3) is 0 Å². The molecule has 0 aromatic heterocycles. The molecule has 1 aliphatic heterocycles. The van der Waals surface area contributed by atoms with Gasteiger partial charge in [-0.15, -0.1) is 0 Å². The molecule has 0 N–H and O–H groups in total. The van der Waals surface area contributed by atoms with Crippen molar-refractivity contribution in [3.8, 4) is 0 Å². The molecule has 0 aliphatic carbocycles. The summed E-state index contributed by atoms with van der Waals surface area (Å²) in [6.07, 6.45) is 0. The maximum absolute atomic E-state index is 2.52. The third kappa shape index (κ3) is 3.21. The largest absolute Gasteiger partial charge is 0.352 e. The summed E-state index contributed by atoms with van der Waals surface area (Å²) in [5, 5.41) is 0. The molecule has 3 rings (SSSR count). The van der Waals surface area contributed by atoms with Crippen molar-refractivity contribution in [1.29, 1.82) is 0 Å². The van der Waals surface area contributed by atoms with Gasteiger partial charge in [0.15, 0.2) is 0 Å². The van der Waals surface area contributed by atoms with E-state index < -0.39 is 0 Å². The summed E-state index contributed by atoms with van der Waals surface area (Å²) in [6.45, 7) is 12.3. The lowest BCUT2D eigenvalue weighted by atomic mass is 10.0. The molecule has 0 radical (unpaired) electrons. The number of hydrogen-bond donors (Lipinski definition) is 0. The van der Waals surface area contributed by atoms with Crippen molar-refractivity contribution in [2.24, 2.45) is 0 Å². The maximum Gasteiger partial charge on any atom is 0.0904 e. The second kappa shape index (κ2) is 6.66.